The maximum atomic E-state index is 12.5. The lowest BCUT2D eigenvalue weighted by molar-refractivity contribution is 0.341. The van der Waals surface area contributed by atoms with Crippen LogP contribution in [0.3, 0.4) is 0 Å². The lowest BCUT2D eigenvalue weighted by atomic mass is 10.1. The third-order valence-electron chi connectivity index (χ3n) is 4.08. The quantitative estimate of drug-likeness (QED) is 0.918. The number of ether oxygens (including phenoxy) is 1. The van der Waals surface area contributed by atoms with Crippen LogP contribution in [0, 0.1) is 0 Å². The van der Waals surface area contributed by atoms with E-state index in [9.17, 15) is 8.42 Å². The van der Waals surface area contributed by atoms with Gasteiger partial charge in [0, 0.05) is 6.04 Å². The summed E-state index contributed by atoms with van der Waals surface area (Å²) in [6.45, 7) is 2.55. The molecule has 4 nitrogen and oxygen atoms in total. The standard InChI is InChI=1S/C17H21NO3S/c1-2-21-16-9-7-14-12-17(10-8-13(14)11-16)22(19,20)18-15-5-3-4-6-15/h7-12,15,18H,2-6H2,1H3. The van der Waals surface area contributed by atoms with Crippen molar-refractivity contribution in [2.45, 2.75) is 43.5 Å². The second-order valence-corrected chi connectivity index (χ2v) is 7.42. The van der Waals surface area contributed by atoms with Gasteiger partial charge in [0.2, 0.25) is 10.0 Å². The van der Waals surface area contributed by atoms with Crippen molar-refractivity contribution < 1.29 is 13.2 Å². The second kappa shape index (κ2) is 6.26. The number of fused-ring (bicyclic) bond motifs is 1. The summed E-state index contributed by atoms with van der Waals surface area (Å²) in [5.41, 5.74) is 0. The van der Waals surface area contributed by atoms with Crippen molar-refractivity contribution in [3.8, 4) is 5.75 Å². The molecule has 0 spiro atoms. The number of rotatable bonds is 5. The lowest BCUT2D eigenvalue weighted by Crippen LogP contribution is -2.32. The van der Waals surface area contributed by atoms with Crippen molar-refractivity contribution in [1.29, 1.82) is 0 Å². The molecule has 1 saturated carbocycles. The predicted octanol–water partition coefficient (Wildman–Crippen LogP) is 3.46. The zero-order chi connectivity index (χ0) is 15.6. The molecule has 118 valence electrons. The molecule has 3 rings (SSSR count). The van der Waals surface area contributed by atoms with Crippen molar-refractivity contribution in [2.75, 3.05) is 6.61 Å². The van der Waals surface area contributed by atoms with Gasteiger partial charge in [0.15, 0.2) is 0 Å². The molecule has 0 amide bonds. The van der Waals surface area contributed by atoms with E-state index in [0.717, 1.165) is 42.2 Å². The van der Waals surface area contributed by atoms with Gasteiger partial charge in [0.1, 0.15) is 5.75 Å². The van der Waals surface area contributed by atoms with E-state index in [0.29, 0.717) is 11.5 Å². The lowest BCUT2D eigenvalue weighted by Gasteiger charge is -2.13. The normalized spacial score (nSPS) is 16.2. The largest absolute Gasteiger partial charge is 0.494 e. The SMILES string of the molecule is CCOc1ccc2cc(S(=O)(=O)NC3CCCC3)ccc2c1. The van der Waals surface area contributed by atoms with E-state index >= 15 is 0 Å². The Hall–Kier alpha value is -1.59. The molecule has 0 heterocycles. The molecular weight excluding hydrogens is 298 g/mol. The number of hydrogen-bond acceptors (Lipinski definition) is 3. The van der Waals surface area contributed by atoms with Crippen molar-refractivity contribution in [3.63, 3.8) is 0 Å². The summed E-state index contributed by atoms with van der Waals surface area (Å²) in [5.74, 6) is 0.801. The van der Waals surface area contributed by atoms with Crippen LogP contribution in [-0.4, -0.2) is 21.1 Å². The van der Waals surface area contributed by atoms with Crippen LogP contribution < -0.4 is 9.46 Å². The molecule has 22 heavy (non-hydrogen) atoms. The summed E-state index contributed by atoms with van der Waals surface area (Å²) in [5, 5.41) is 1.88. The molecule has 0 aromatic heterocycles. The van der Waals surface area contributed by atoms with Crippen molar-refractivity contribution >= 4 is 20.8 Å². The van der Waals surface area contributed by atoms with E-state index in [2.05, 4.69) is 4.72 Å². The number of sulfonamides is 1. The maximum Gasteiger partial charge on any atom is 0.240 e. The van der Waals surface area contributed by atoms with Gasteiger partial charge in [-0.15, -0.1) is 0 Å². The molecule has 1 N–H and O–H groups in total. The molecule has 0 saturated heterocycles. The summed E-state index contributed by atoms with van der Waals surface area (Å²) in [7, 11) is -3.44. The van der Waals surface area contributed by atoms with E-state index in [4.69, 9.17) is 4.74 Å². The van der Waals surface area contributed by atoms with Gasteiger partial charge in [-0.1, -0.05) is 25.0 Å². The maximum absolute atomic E-state index is 12.5. The van der Waals surface area contributed by atoms with Gasteiger partial charge in [-0.3, -0.25) is 0 Å². The first-order valence-electron chi connectivity index (χ1n) is 7.77. The summed E-state index contributed by atoms with van der Waals surface area (Å²) in [4.78, 5) is 0.330. The highest BCUT2D eigenvalue weighted by molar-refractivity contribution is 7.89. The van der Waals surface area contributed by atoms with Crippen LogP contribution in [0.4, 0.5) is 0 Å². The van der Waals surface area contributed by atoms with Gasteiger partial charge in [-0.25, -0.2) is 13.1 Å². The first-order valence-corrected chi connectivity index (χ1v) is 9.26. The Bertz CT molecular complexity index is 765. The summed E-state index contributed by atoms with van der Waals surface area (Å²) < 4.78 is 33.2. The highest BCUT2D eigenvalue weighted by Gasteiger charge is 2.22. The zero-order valence-corrected chi connectivity index (χ0v) is 13.5. The Labute approximate surface area is 131 Å². The zero-order valence-electron chi connectivity index (χ0n) is 12.7. The molecule has 5 heteroatoms. The molecule has 0 atom stereocenters. The third-order valence-corrected chi connectivity index (χ3v) is 5.60. The number of nitrogens with one attached hydrogen (secondary N) is 1. The monoisotopic (exact) mass is 319 g/mol. The van der Waals surface area contributed by atoms with Crippen LogP contribution in [0.2, 0.25) is 0 Å². The minimum Gasteiger partial charge on any atom is -0.494 e. The third kappa shape index (κ3) is 3.25. The van der Waals surface area contributed by atoms with Gasteiger partial charge in [0.05, 0.1) is 11.5 Å². The summed E-state index contributed by atoms with van der Waals surface area (Å²) in [6.07, 6.45) is 4.07. The number of benzene rings is 2. The average Bonchev–Trinajstić information content (AvgIpc) is 2.99. The minimum absolute atomic E-state index is 0.0843. The van der Waals surface area contributed by atoms with E-state index in [1.54, 1.807) is 12.1 Å². The van der Waals surface area contributed by atoms with E-state index < -0.39 is 10.0 Å². The highest BCUT2D eigenvalue weighted by Crippen LogP contribution is 2.25. The fourth-order valence-corrected chi connectivity index (χ4v) is 4.30. The van der Waals surface area contributed by atoms with Crippen LogP contribution >= 0.6 is 0 Å². The Morgan fingerprint density at radius 2 is 1.77 bits per heavy atom. The van der Waals surface area contributed by atoms with Gasteiger partial charge in [-0.05, 0) is 54.8 Å². The molecule has 0 bridgehead atoms. The highest BCUT2D eigenvalue weighted by atomic mass is 32.2. The molecular formula is C17H21NO3S. The molecule has 1 fully saturated rings. The van der Waals surface area contributed by atoms with E-state index in [1.165, 1.54) is 0 Å². The Balaban J connectivity index is 1.89. The van der Waals surface area contributed by atoms with Crippen LogP contribution in [-0.2, 0) is 10.0 Å². The molecule has 1 aliphatic rings. The molecule has 0 aliphatic heterocycles. The van der Waals surface area contributed by atoms with E-state index in [1.807, 2.05) is 31.2 Å². The first-order chi connectivity index (χ1) is 10.6. The summed E-state index contributed by atoms with van der Waals surface area (Å²) >= 11 is 0. The van der Waals surface area contributed by atoms with Gasteiger partial charge >= 0.3 is 0 Å². The van der Waals surface area contributed by atoms with Crippen molar-refractivity contribution in [3.05, 3.63) is 36.4 Å². The Kier molecular flexibility index (Phi) is 4.36. The molecule has 1 aliphatic carbocycles. The molecule has 2 aromatic carbocycles. The van der Waals surface area contributed by atoms with Crippen LogP contribution in [0.1, 0.15) is 32.6 Å². The minimum atomic E-state index is -3.44. The fraction of sp³-hybridized carbons (Fsp3) is 0.412. The van der Waals surface area contributed by atoms with E-state index in [-0.39, 0.29) is 6.04 Å². The van der Waals surface area contributed by atoms with Crippen LogP contribution in [0.15, 0.2) is 41.3 Å². The smallest absolute Gasteiger partial charge is 0.240 e. The summed E-state index contributed by atoms with van der Waals surface area (Å²) in [6, 6.07) is 11.0. The van der Waals surface area contributed by atoms with Gasteiger partial charge < -0.3 is 4.74 Å². The predicted molar refractivity (Wildman–Crippen MR) is 87.7 cm³/mol. The van der Waals surface area contributed by atoms with Gasteiger partial charge in [0.25, 0.3) is 0 Å². The Morgan fingerprint density at radius 1 is 1.09 bits per heavy atom. The van der Waals surface area contributed by atoms with Crippen LogP contribution in [0.5, 0.6) is 5.75 Å². The van der Waals surface area contributed by atoms with Gasteiger partial charge in [-0.2, -0.15) is 0 Å². The van der Waals surface area contributed by atoms with Crippen molar-refractivity contribution in [2.24, 2.45) is 0 Å². The average molecular weight is 319 g/mol. The topological polar surface area (TPSA) is 55.4 Å². The fourth-order valence-electron chi connectivity index (χ4n) is 2.96. The first kappa shape index (κ1) is 15.3. The Morgan fingerprint density at radius 3 is 2.50 bits per heavy atom. The van der Waals surface area contributed by atoms with Crippen molar-refractivity contribution in [1.82, 2.24) is 4.72 Å². The molecule has 2 aromatic rings. The second-order valence-electron chi connectivity index (χ2n) is 5.71. The molecule has 0 unspecified atom stereocenters. The molecule has 0 radical (unpaired) electrons. The number of hydrogen-bond donors (Lipinski definition) is 1. The van der Waals surface area contributed by atoms with Crippen LogP contribution in [0.25, 0.3) is 10.8 Å².